The number of aromatic nitrogens is 1. The van der Waals surface area contributed by atoms with Gasteiger partial charge in [-0.2, -0.15) is 9.30 Å². The molecular weight excluding hydrogens is 490 g/mol. The normalized spacial score (nSPS) is 17.1. The molecule has 1 aromatic heterocycles. The summed E-state index contributed by atoms with van der Waals surface area (Å²) in [5.41, 5.74) is 1.26. The number of carbonyl (C=O) groups is 2. The van der Waals surface area contributed by atoms with Crippen LogP contribution in [0.5, 0.6) is 5.75 Å². The molecule has 2 aromatic carbocycles. The zero-order valence-electron chi connectivity index (χ0n) is 19.8. The van der Waals surface area contributed by atoms with Gasteiger partial charge in [-0.25, -0.2) is 13.2 Å². The standard InChI is InChI=1S/C24H27N3O6S2/c1-4-26-19-13-8-16(23(29)33-5-2)15-21(19)34-24(26)25-22(28)20-7-6-14-27(20)35(30,31)18-11-9-17(32-3)10-12-18/h8-13,15,20H,4-7,14H2,1-3H3. The van der Waals surface area contributed by atoms with Crippen molar-refractivity contribution in [3.05, 3.63) is 52.8 Å². The molecule has 3 aromatic rings. The Kier molecular flexibility index (Phi) is 7.39. The van der Waals surface area contributed by atoms with Crippen LogP contribution in [0.15, 0.2) is 52.4 Å². The molecule has 1 atom stereocenters. The molecule has 1 unspecified atom stereocenters. The van der Waals surface area contributed by atoms with Crippen molar-refractivity contribution in [2.75, 3.05) is 20.3 Å². The predicted molar refractivity (Wildman–Crippen MR) is 132 cm³/mol. The lowest BCUT2D eigenvalue weighted by molar-refractivity contribution is -0.121. The number of benzene rings is 2. The SMILES string of the molecule is CCOC(=O)c1ccc2c(c1)sc(=NC(=O)C1CCCN1S(=O)(=O)c1ccc(OC)cc1)n2CC. The Bertz CT molecular complexity index is 1420. The lowest BCUT2D eigenvalue weighted by atomic mass is 10.2. The van der Waals surface area contributed by atoms with Gasteiger partial charge in [0.15, 0.2) is 4.80 Å². The molecule has 0 spiro atoms. The number of esters is 1. The number of fused-ring (bicyclic) bond motifs is 1. The fraction of sp³-hybridized carbons (Fsp3) is 0.375. The first-order valence-corrected chi connectivity index (χ1v) is 13.6. The number of hydrogen-bond donors (Lipinski definition) is 0. The second-order valence-corrected chi connectivity index (χ2v) is 10.8. The third-order valence-electron chi connectivity index (χ3n) is 5.87. The van der Waals surface area contributed by atoms with E-state index in [9.17, 15) is 18.0 Å². The predicted octanol–water partition coefficient (Wildman–Crippen LogP) is 3.19. The van der Waals surface area contributed by atoms with Crippen LogP contribution in [0.2, 0.25) is 0 Å². The van der Waals surface area contributed by atoms with Gasteiger partial charge in [-0.05, 0) is 69.2 Å². The molecule has 4 rings (SSSR count). The summed E-state index contributed by atoms with van der Waals surface area (Å²) in [6.07, 6.45) is 0.978. The summed E-state index contributed by atoms with van der Waals surface area (Å²) >= 11 is 1.28. The Balaban J connectivity index is 1.67. The van der Waals surface area contributed by atoms with Gasteiger partial charge < -0.3 is 14.0 Å². The van der Waals surface area contributed by atoms with Crippen molar-refractivity contribution in [2.24, 2.45) is 4.99 Å². The maximum atomic E-state index is 13.3. The van der Waals surface area contributed by atoms with Crippen molar-refractivity contribution in [3.8, 4) is 5.75 Å². The van der Waals surface area contributed by atoms with E-state index >= 15 is 0 Å². The van der Waals surface area contributed by atoms with E-state index in [0.29, 0.717) is 35.5 Å². The maximum absolute atomic E-state index is 13.3. The second kappa shape index (κ2) is 10.3. The number of thiazole rings is 1. The molecule has 1 aliphatic rings. The van der Waals surface area contributed by atoms with Gasteiger partial charge in [0.2, 0.25) is 10.0 Å². The van der Waals surface area contributed by atoms with Crippen LogP contribution in [0.1, 0.15) is 37.0 Å². The number of hydrogen-bond acceptors (Lipinski definition) is 7. The van der Waals surface area contributed by atoms with Crippen molar-refractivity contribution in [1.29, 1.82) is 0 Å². The number of rotatable bonds is 7. The zero-order valence-corrected chi connectivity index (χ0v) is 21.4. The van der Waals surface area contributed by atoms with Gasteiger partial charge in [-0.1, -0.05) is 11.3 Å². The molecule has 1 fully saturated rings. The van der Waals surface area contributed by atoms with E-state index in [4.69, 9.17) is 9.47 Å². The van der Waals surface area contributed by atoms with E-state index in [1.165, 1.54) is 34.9 Å². The van der Waals surface area contributed by atoms with Crippen LogP contribution >= 0.6 is 11.3 Å². The average molecular weight is 518 g/mol. The van der Waals surface area contributed by atoms with Gasteiger partial charge in [-0.15, -0.1) is 0 Å². The molecule has 0 radical (unpaired) electrons. The Morgan fingerprint density at radius 2 is 1.89 bits per heavy atom. The summed E-state index contributed by atoms with van der Waals surface area (Å²) in [6, 6.07) is 10.5. The highest BCUT2D eigenvalue weighted by Crippen LogP contribution is 2.28. The smallest absolute Gasteiger partial charge is 0.338 e. The average Bonchev–Trinajstić information content (AvgIpc) is 3.49. The van der Waals surface area contributed by atoms with Gasteiger partial charge in [0.1, 0.15) is 11.8 Å². The summed E-state index contributed by atoms with van der Waals surface area (Å²) in [5, 5.41) is 0. The van der Waals surface area contributed by atoms with Crippen molar-refractivity contribution in [2.45, 2.75) is 44.2 Å². The maximum Gasteiger partial charge on any atom is 0.338 e. The van der Waals surface area contributed by atoms with E-state index in [-0.39, 0.29) is 18.0 Å². The third kappa shape index (κ3) is 4.89. The van der Waals surface area contributed by atoms with Gasteiger partial charge in [0.25, 0.3) is 5.91 Å². The number of carbonyl (C=O) groups excluding carboxylic acids is 2. The topological polar surface area (TPSA) is 107 Å². The quantitative estimate of drug-likeness (QED) is 0.446. The second-order valence-electron chi connectivity index (χ2n) is 7.93. The van der Waals surface area contributed by atoms with Crippen molar-refractivity contribution < 1.29 is 27.5 Å². The number of methoxy groups -OCH3 is 1. The minimum Gasteiger partial charge on any atom is -0.497 e. The number of ether oxygens (including phenoxy) is 2. The summed E-state index contributed by atoms with van der Waals surface area (Å²) < 4.78 is 40.6. The van der Waals surface area contributed by atoms with E-state index in [2.05, 4.69) is 4.99 Å². The van der Waals surface area contributed by atoms with Crippen LogP contribution in [0.4, 0.5) is 0 Å². The first-order chi connectivity index (χ1) is 16.8. The molecule has 1 saturated heterocycles. The largest absolute Gasteiger partial charge is 0.497 e. The van der Waals surface area contributed by atoms with Crippen LogP contribution < -0.4 is 9.54 Å². The molecule has 0 aliphatic carbocycles. The molecule has 2 heterocycles. The van der Waals surface area contributed by atoms with E-state index < -0.39 is 27.9 Å². The van der Waals surface area contributed by atoms with E-state index in [0.717, 1.165) is 10.2 Å². The fourth-order valence-electron chi connectivity index (χ4n) is 4.13. The van der Waals surface area contributed by atoms with Crippen LogP contribution in [0.25, 0.3) is 10.2 Å². The van der Waals surface area contributed by atoms with Crippen molar-refractivity contribution >= 4 is 43.5 Å². The fourth-order valence-corrected chi connectivity index (χ4v) is 6.92. The summed E-state index contributed by atoms with van der Waals surface area (Å²) in [7, 11) is -2.36. The molecule has 0 N–H and O–H groups in total. The van der Waals surface area contributed by atoms with Crippen molar-refractivity contribution in [3.63, 3.8) is 0 Å². The van der Waals surface area contributed by atoms with Gasteiger partial charge in [-0.3, -0.25) is 4.79 Å². The highest BCUT2D eigenvalue weighted by atomic mass is 32.2. The Morgan fingerprint density at radius 3 is 2.54 bits per heavy atom. The minimum absolute atomic E-state index is 0.106. The number of aryl methyl sites for hydroxylation is 1. The monoisotopic (exact) mass is 517 g/mol. The van der Waals surface area contributed by atoms with Crippen LogP contribution in [0, 0.1) is 0 Å². The molecule has 1 aliphatic heterocycles. The third-order valence-corrected chi connectivity index (χ3v) is 8.83. The highest BCUT2D eigenvalue weighted by Gasteiger charge is 2.39. The first-order valence-electron chi connectivity index (χ1n) is 11.3. The van der Waals surface area contributed by atoms with Crippen LogP contribution in [-0.2, 0) is 26.1 Å². The molecule has 35 heavy (non-hydrogen) atoms. The van der Waals surface area contributed by atoms with Crippen LogP contribution in [-0.4, -0.2) is 55.5 Å². The van der Waals surface area contributed by atoms with Crippen molar-refractivity contribution in [1.82, 2.24) is 8.87 Å². The number of amides is 1. The molecular formula is C24H27N3O6S2. The first kappa shape index (κ1) is 25.1. The van der Waals surface area contributed by atoms with Gasteiger partial charge in [0.05, 0.1) is 34.4 Å². The molecule has 0 bridgehead atoms. The van der Waals surface area contributed by atoms with Gasteiger partial charge >= 0.3 is 5.97 Å². The molecule has 9 nitrogen and oxygen atoms in total. The highest BCUT2D eigenvalue weighted by molar-refractivity contribution is 7.89. The van der Waals surface area contributed by atoms with E-state index in [1.807, 2.05) is 11.5 Å². The lowest BCUT2D eigenvalue weighted by Crippen LogP contribution is -2.40. The summed E-state index contributed by atoms with van der Waals surface area (Å²) in [5.74, 6) is -0.363. The van der Waals surface area contributed by atoms with Crippen LogP contribution in [0.3, 0.4) is 0 Å². The minimum atomic E-state index is -3.87. The number of sulfonamides is 1. The summed E-state index contributed by atoms with van der Waals surface area (Å²) in [4.78, 5) is 30.3. The molecule has 0 saturated carbocycles. The molecule has 11 heteroatoms. The molecule has 1 amide bonds. The summed E-state index contributed by atoms with van der Waals surface area (Å²) in [6.45, 7) is 4.77. The van der Waals surface area contributed by atoms with Gasteiger partial charge in [0, 0.05) is 13.1 Å². The van der Waals surface area contributed by atoms with E-state index in [1.54, 1.807) is 37.3 Å². The lowest BCUT2D eigenvalue weighted by Gasteiger charge is -2.21. The Labute approximate surface area is 207 Å². The number of nitrogens with zero attached hydrogens (tertiary/aromatic N) is 3. The zero-order chi connectivity index (χ0) is 25.2. The Morgan fingerprint density at radius 1 is 1.14 bits per heavy atom. The Hall–Kier alpha value is -3.02. The molecule has 186 valence electrons.